The lowest BCUT2D eigenvalue weighted by molar-refractivity contribution is -0.132. The Balaban J connectivity index is 2.69. The van der Waals surface area contributed by atoms with Crippen LogP contribution in [0.3, 0.4) is 0 Å². The van der Waals surface area contributed by atoms with Crippen molar-refractivity contribution in [2.45, 2.75) is 39.8 Å². The fourth-order valence-electron chi connectivity index (χ4n) is 2.49. The molecule has 21 heavy (non-hydrogen) atoms. The van der Waals surface area contributed by atoms with Gasteiger partial charge in [-0.15, -0.1) is 0 Å². The van der Waals surface area contributed by atoms with Crippen molar-refractivity contribution >= 4 is 5.91 Å². The number of carbonyl (C=O) groups is 1. The van der Waals surface area contributed by atoms with E-state index < -0.39 is 0 Å². The van der Waals surface area contributed by atoms with Crippen molar-refractivity contribution in [3.63, 3.8) is 0 Å². The third kappa shape index (κ3) is 5.44. The smallest absolute Gasteiger partial charge is 0.224 e. The van der Waals surface area contributed by atoms with Gasteiger partial charge in [-0.25, -0.2) is 0 Å². The molecule has 1 aromatic heterocycles. The second kappa shape index (κ2) is 9.47. The number of hydrogen-bond donors (Lipinski definition) is 1. The minimum atomic E-state index is 0.0799. The summed E-state index contributed by atoms with van der Waals surface area (Å²) in [6.45, 7) is 9.78. The lowest BCUT2D eigenvalue weighted by atomic mass is 10.1. The number of pyridine rings is 1. The van der Waals surface area contributed by atoms with Crippen LogP contribution in [0.2, 0.25) is 0 Å². The number of nitrogens with zero attached hydrogens (tertiary/aromatic N) is 3. The molecule has 0 bridgehead atoms. The number of nitrogens with two attached hydrogens (primary N) is 1. The van der Waals surface area contributed by atoms with Gasteiger partial charge in [0.15, 0.2) is 0 Å². The van der Waals surface area contributed by atoms with Crippen molar-refractivity contribution in [2.75, 3.05) is 26.2 Å². The quantitative estimate of drug-likeness (QED) is 0.749. The molecule has 1 amide bonds. The van der Waals surface area contributed by atoms with Gasteiger partial charge in [0.2, 0.25) is 5.91 Å². The van der Waals surface area contributed by atoms with Gasteiger partial charge in [0.25, 0.3) is 0 Å². The second-order valence-electron chi connectivity index (χ2n) is 5.08. The third-order valence-corrected chi connectivity index (χ3v) is 3.86. The van der Waals surface area contributed by atoms with Crippen LogP contribution in [-0.4, -0.2) is 52.9 Å². The van der Waals surface area contributed by atoms with Crippen LogP contribution < -0.4 is 5.73 Å². The summed E-state index contributed by atoms with van der Waals surface area (Å²) in [6.07, 6.45) is 4.07. The molecule has 1 unspecified atom stereocenters. The van der Waals surface area contributed by atoms with E-state index in [0.29, 0.717) is 13.0 Å². The van der Waals surface area contributed by atoms with Crippen LogP contribution >= 0.6 is 0 Å². The zero-order valence-corrected chi connectivity index (χ0v) is 13.5. The molecule has 0 fully saturated rings. The van der Waals surface area contributed by atoms with Gasteiger partial charge in [-0.05, 0) is 38.1 Å². The maximum Gasteiger partial charge on any atom is 0.224 e. The van der Waals surface area contributed by atoms with Crippen molar-refractivity contribution in [2.24, 2.45) is 5.73 Å². The molecule has 0 saturated heterocycles. The average molecular weight is 292 g/mol. The fraction of sp³-hybridized carbons (Fsp3) is 0.625. The Kier molecular flexibility index (Phi) is 7.93. The summed E-state index contributed by atoms with van der Waals surface area (Å²) in [4.78, 5) is 20.4. The van der Waals surface area contributed by atoms with Gasteiger partial charge in [0.1, 0.15) is 0 Å². The highest BCUT2D eigenvalue weighted by Crippen LogP contribution is 2.11. The molecule has 0 aliphatic rings. The second-order valence-corrected chi connectivity index (χ2v) is 5.08. The van der Waals surface area contributed by atoms with E-state index in [1.165, 1.54) is 5.56 Å². The van der Waals surface area contributed by atoms with Crippen LogP contribution in [-0.2, 0) is 11.3 Å². The van der Waals surface area contributed by atoms with Gasteiger partial charge in [-0.1, -0.05) is 6.92 Å². The maximum atomic E-state index is 12.3. The molecule has 118 valence electrons. The molecule has 2 N–H and O–H groups in total. The Bertz CT molecular complexity index is 406. The van der Waals surface area contributed by atoms with Gasteiger partial charge in [-0.2, -0.15) is 0 Å². The first-order valence-corrected chi connectivity index (χ1v) is 7.76. The number of carbonyl (C=O) groups excluding carboxylic acids is 1. The average Bonchev–Trinajstić information content (AvgIpc) is 2.52. The van der Waals surface area contributed by atoms with Crippen LogP contribution in [0.4, 0.5) is 0 Å². The Morgan fingerprint density at radius 3 is 2.29 bits per heavy atom. The van der Waals surface area contributed by atoms with Crippen molar-refractivity contribution < 1.29 is 4.79 Å². The molecule has 0 spiro atoms. The van der Waals surface area contributed by atoms with Crippen molar-refractivity contribution in [1.82, 2.24) is 14.8 Å². The first kappa shape index (κ1) is 17.6. The normalized spacial score (nSPS) is 12.4. The molecule has 5 nitrogen and oxygen atoms in total. The van der Waals surface area contributed by atoms with Gasteiger partial charge in [-0.3, -0.25) is 14.7 Å². The van der Waals surface area contributed by atoms with Crippen LogP contribution in [0.25, 0.3) is 0 Å². The summed E-state index contributed by atoms with van der Waals surface area (Å²) in [5, 5.41) is 0. The molecule has 0 aliphatic carbocycles. The van der Waals surface area contributed by atoms with Crippen molar-refractivity contribution in [3.05, 3.63) is 30.1 Å². The van der Waals surface area contributed by atoms with E-state index in [0.717, 1.165) is 26.2 Å². The lowest BCUT2D eigenvalue weighted by Crippen LogP contribution is -2.44. The molecule has 0 radical (unpaired) electrons. The standard InChI is InChI=1S/C16H28N4O/c1-4-19(5-2)16(21)11-15(12-17)20(6-3)13-14-7-9-18-10-8-14/h7-10,15H,4-6,11-13,17H2,1-3H3. The molecule has 0 aliphatic heterocycles. The molecule has 1 heterocycles. The molecule has 0 saturated carbocycles. The molecule has 1 rings (SSSR count). The Morgan fingerprint density at radius 1 is 1.19 bits per heavy atom. The van der Waals surface area contributed by atoms with Gasteiger partial charge in [0, 0.05) is 51.0 Å². The minimum absolute atomic E-state index is 0.0799. The third-order valence-electron chi connectivity index (χ3n) is 3.86. The largest absolute Gasteiger partial charge is 0.343 e. The molecule has 1 aromatic rings. The summed E-state index contributed by atoms with van der Waals surface area (Å²) in [5.41, 5.74) is 7.10. The maximum absolute atomic E-state index is 12.3. The number of aromatic nitrogens is 1. The summed E-state index contributed by atoms with van der Waals surface area (Å²) < 4.78 is 0. The number of amides is 1. The van der Waals surface area contributed by atoms with E-state index in [1.807, 2.05) is 30.9 Å². The van der Waals surface area contributed by atoms with Crippen molar-refractivity contribution in [1.29, 1.82) is 0 Å². The molecule has 1 atom stereocenters. The molecular formula is C16H28N4O. The van der Waals surface area contributed by atoms with Crippen LogP contribution in [0.1, 0.15) is 32.8 Å². The number of likely N-dealkylation sites (N-methyl/N-ethyl adjacent to an activating group) is 1. The molecular weight excluding hydrogens is 264 g/mol. The molecule has 0 aromatic carbocycles. The first-order chi connectivity index (χ1) is 10.2. The van der Waals surface area contributed by atoms with Crippen LogP contribution in [0, 0.1) is 0 Å². The summed E-state index contributed by atoms with van der Waals surface area (Å²) >= 11 is 0. The summed E-state index contributed by atoms with van der Waals surface area (Å²) in [6, 6.07) is 4.08. The zero-order valence-electron chi connectivity index (χ0n) is 13.5. The zero-order chi connectivity index (χ0) is 15.7. The highest BCUT2D eigenvalue weighted by molar-refractivity contribution is 5.76. The first-order valence-electron chi connectivity index (χ1n) is 7.76. The fourth-order valence-corrected chi connectivity index (χ4v) is 2.49. The van der Waals surface area contributed by atoms with E-state index in [9.17, 15) is 4.79 Å². The Hall–Kier alpha value is -1.46. The van der Waals surface area contributed by atoms with E-state index in [1.54, 1.807) is 12.4 Å². The van der Waals surface area contributed by atoms with Crippen molar-refractivity contribution in [3.8, 4) is 0 Å². The SMILES string of the molecule is CCN(CC)C(=O)CC(CN)N(CC)Cc1ccncc1. The summed E-state index contributed by atoms with van der Waals surface area (Å²) in [7, 11) is 0. The van der Waals surface area contributed by atoms with Crippen LogP contribution in [0.15, 0.2) is 24.5 Å². The Labute approximate surface area is 128 Å². The number of hydrogen-bond acceptors (Lipinski definition) is 4. The highest BCUT2D eigenvalue weighted by Gasteiger charge is 2.21. The number of rotatable bonds is 9. The predicted molar refractivity (Wildman–Crippen MR) is 85.7 cm³/mol. The summed E-state index contributed by atoms with van der Waals surface area (Å²) in [5.74, 6) is 0.184. The monoisotopic (exact) mass is 292 g/mol. The lowest BCUT2D eigenvalue weighted by Gasteiger charge is -2.31. The van der Waals surface area contributed by atoms with Crippen LogP contribution in [0.5, 0.6) is 0 Å². The van der Waals surface area contributed by atoms with E-state index >= 15 is 0 Å². The topological polar surface area (TPSA) is 62.5 Å². The highest BCUT2D eigenvalue weighted by atomic mass is 16.2. The van der Waals surface area contributed by atoms with E-state index in [4.69, 9.17) is 5.73 Å². The predicted octanol–water partition coefficient (Wildman–Crippen LogP) is 1.49. The van der Waals surface area contributed by atoms with E-state index in [2.05, 4.69) is 16.8 Å². The van der Waals surface area contributed by atoms with Gasteiger partial charge < -0.3 is 10.6 Å². The van der Waals surface area contributed by atoms with Gasteiger partial charge >= 0.3 is 0 Å². The molecule has 5 heteroatoms. The minimum Gasteiger partial charge on any atom is -0.343 e. The van der Waals surface area contributed by atoms with Gasteiger partial charge in [0.05, 0.1) is 0 Å². The Morgan fingerprint density at radius 2 is 1.81 bits per heavy atom. The van der Waals surface area contributed by atoms with E-state index in [-0.39, 0.29) is 11.9 Å².